The van der Waals surface area contributed by atoms with Crippen LogP contribution in [-0.2, 0) is 4.79 Å². The molecule has 1 atom stereocenters. The van der Waals surface area contributed by atoms with Gasteiger partial charge in [-0.3, -0.25) is 4.79 Å². The number of nitrogen functional groups attached to an aromatic ring is 1. The first-order chi connectivity index (χ1) is 9.04. The molecule has 1 rings (SSSR count). The van der Waals surface area contributed by atoms with E-state index < -0.39 is 0 Å². The fourth-order valence-corrected chi connectivity index (χ4v) is 2.60. The zero-order valence-electron chi connectivity index (χ0n) is 11.5. The lowest BCUT2D eigenvalue weighted by molar-refractivity contribution is -0.115. The quantitative estimate of drug-likeness (QED) is 0.671. The number of aliphatic hydroxyl groups is 1. The lowest BCUT2D eigenvalue weighted by Crippen LogP contribution is -2.14. The number of rotatable bonds is 7. The molecule has 0 heterocycles. The number of thioether (sulfide) groups is 1. The van der Waals surface area contributed by atoms with Gasteiger partial charge in [0.2, 0.25) is 5.91 Å². The van der Waals surface area contributed by atoms with Crippen molar-refractivity contribution < 1.29 is 9.90 Å². The highest BCUT2D eigenvalue weighted by atomic mass is 32.2. The van der Waals surface area contributed by atoms with Crippen molar-refractivity contribution in [2.75, 3.05) is 23.4 Å². The van der Waals surface area contributed by atoms with E-state index in [1.54, 1.807) is 11.8 Å². The Hall–Kier alpha value is -1.20. The Kier molecular flexibility index (Phi) is 6.73. The fourth-order valence-electron chi connectivity index (χ4n) is 1.62. The van der Waals surface area contributed by atoms with Gasteiger partial charge >= 0.3 is 0 Å². The second-order valence-electron chi connectivity index (χ2n) is 4.51. The minimum atomic E-state index is -0.00241. The molecule has 0 saturated carbocycles. The van der Waals surface area contributed by atoms with Gasteiger partial charge in [-0.05, 0) is 31.0 Å². The monoisotopic (exact) mass is 282 g/mol. The van der Waals surface area contributed by atoms with Crippen LogP contribution in [0.5, 0.6) is 0 Å². The van der Waals surface area contributed by atoms with E-state index in [2.05, 4.69) is 12.2 Å². The summed E-state index contributed by atoms with van der Waals surface area (Å²) < 4.78 is 0. The molecule has 0 radical (unpaired) electrons. The molecular weight excluding hydrogens is 260 g/mol. The molecule has 19 heavy (non-hydrogen) atoms. The van der Waals surface area contributed by atoms with Gasteiger partial charge in [0.15, 0.2) is 0 Å². The molecule has 0 fully saturated rings. The molecule has 4 N–H and O–H groups in total. The van der Waals surface area contributed by atoms with Gasteiger partial charge in [0.25, 0.3) is 0 Å². The number of benzene rings is 1. The van der Waals surface area contributed by atoms with Gasteiger partial charge in [0.1, 0.15) is 0 Å². The van der Waals surface area contributed by atoms with Crippen LogP contribution >= 0.6 is 11.8 Å². The third-order valence-electron chi connectivity index (χ3n) is 2.92. The number of carbonyl (C=O) groups is 1. The van der Waals surface area contributed by atoms with Crippen LogP contribution in [0.4, 0.5) is 11.4 Å². The summed E-state index contributed by atoms with van der Waals surface area (Å²) in [5, 5.41) is 12.0. The zero-order chi connectivity index (χ0) is 14.3. The van der Waals surface area contributed by atoms with E-state index in [1.165, 1.54) is 0 Å². The van der Waals surface area contributed by atoms with Gasteiger partial charge < -0.3 is 16.2 Å². The SMILES string of the molecule is Cc1c(N)cccc1NC(=O)CCSC(C)CCO. The van der Waals surface area contributed by atoms with Crippen LogP contribution in [0.25, 0.3) is 0 Å². The molecule has 106 valence electrons. The Balaban J connectivity index is 2.37. The highest BCUT2D eigenvalue weighted by Gasteiger charge is 2.08. The van der Waals surface area contributed by atoms with Gasteiger partial charge in [0.05, 0.1) is 0 Å². The second-order valence-corrected chi connectivity index (χ2v) is 6.06. The van der Waals surface area contributed by atoms with Crippen molar-refractivity contribution in [3.63, 3.8) is 0 Å². The summed E-state index contributed by atoms with van der Waals surface area (Å²) in [5.41, 5.74) is 8.15. The van der Waals surface area contributed by atoms with Crippen molar-refractivity contribution in [2.24, 2.45) is 0 Å². The lowest BCUT2D eigenvalue weighted by atomic mass is 10.1. The van der Waals surface area contributed by atoms with Gasteiger partial charge in [0, 0.05) is 35.4 Å². The maximum absolute atomic E-state index is 11.8. The van der Waals surface area contributed by atoms with Crippen molar-refractivity contribution in [1.82, 2.24) is 0 Å². The molecule has 1 aromatic rings. The third-order valence-corrected chi connectivity index (χ3v) is 4.16. The number of hydrogen-bond acceptors (Lipinski definition) is 4. The predicted octanol–water partition coefficient (Wildman–Crippen LogP) is 2.41. The molecule has 0 bridgehead atoms. The molecule has 1 amide bonds. The van der Waals surface area contributed by atoms with Crippen molar-refractivity contribution in [3.05, 3.63) is 23.8 Å². The van der Waals surface area contributed by atoms with Crippen LogP contribution in [-0.4, -0.2) is 28.6 Å². The van der Waals surface area contributed by atoms with Crippen molar-refractivity contribution in [1.29, 1.82) is 0 Å². The third kappa shape index (κ3) is 5.53. The molecule has 0 aromatic heterocycles. The van der Waals surface area contributed by atoms with Gasteiger partial charge in [-0.2, -0.15) is 11.8 Å². The fraction of sp³-hybridized carbons (Fsp3) is 0.500. The summed E-state index contributed by atoms with van der Waals surface area (Å²) in [4.78, 5) is 11.8. The molecule has 1 unspecified atom stereocenters. The maximum Gasteiger partial charge on any atom is 0.225 e. The minimum absolute atomic E-state index is 0.00241. The van der Waals surface area contributed by atoms with E-state index in [1.807, 2.05) is 25.1 Å². The Bertz CT molecular complexity index is 424. The number of amides is 1. The highest BCUT2D eigenvalue weighted by molar-refractivity contribution is 7.99. The molecule has 0 aliphatic rings. The average Bonchev–Trinajstić information content (AvgIpc) is 2.35. The summed E-state index contributed by atoms with van der Waals surface area (Å²) in [6, 6.07) is 5.50. The van der Waals surface area contributed by atoms with Crippen LogP contribution in [0.1, 0.15) is 25.3 Å². The molecule has 5 heteroatoms. The summed E-state index contributed by atoms with van der Waals surface area (Å²) in [6.07, 6.45) is 1.23. The van der Waals surface area contributed by atoms with Gasteiger partial charge in [-0.15, -0.1) is 0 Å². The standard InChI is InChI=1S/C14H22N2O2S/c1-10(6-8-17)19-9-7-14(18)16-13-5-3-4-12(15)11(13)2/h3-5,10,17H,6-9,15H2,1-2H3,(H,16,18). The Morgan fingerprint density at radius 1 is 1.53 bits per heavy atom. The topological polar surface area (TPSA) is 75.3 Å². The van der Waals surface area contributed by atoms with Crippen LogP contribution in [0.3, 0.4) is 0 Å². The van der Waals surface area contributed by atoms with E-state index in [0.717, 1.165) is 23.4 Å². The molecule has 4 nitrogen and oxygen atoms in total. The number of anilines is 2. The first-order valence-corrected chi connectivity index (χ1v) is 7.47. The van der Waals surface area contributed by atoms with Crippen LogP contribution in [0.2, 0.25) is 0 Å². The second kappa shape index (κ2) is 8.07. The molecule has 0 spiro atoms. The molecule has 0 aliphatic heterocycles. The molecule has 0 aliphatic carbocycles. The summed E-state index contributed by atoms with van der Waals surface area (Å²) in [5.74, 6) is 0.756. The normalized spacial score (nSPS) is 12.2. The van der Waals surface area contributed by atoms with E-state index in [4.69, 9.17) is 10.8 Å². The van der Waals surface area contributed by atoms with E-state index in [9.17, 15) is 4.79 Å². The number of aliphatic hydroxyl groups excluding tert-OH is 1. The summed E-state index contributed by atoms with van der Waals surface area (Å²) in [6.45, 7) is 4.15. The largest absolute Gasteiger partial charge is 0.398 e. The molecule has 1 aromatic carbocycles. The first-order valence-electron chi connectivity index (χ1n) is 6.42. The zero-order valence-corrected chi connectivity index (χ0v) is 12.3. The lowest BCUT2D eigenvalue weighted by Gasteiger charge is -2.11. The molecule has 0 saturated heterocycles. The van der Waals surface area contributed by atoms with Crippen LogP contribution < -0.4 is 11.1 Å². The minimum Gasteiger partial charge on any atom is -0.398 e. The van der Waals surface area contributed by atoms with Gasteiger partial charge in [-0.1, -0.05) is 13.0 Å². The van der Waals surface area contributed by atoms with E-state index in [-0.39, 0.29) is 12.5 Å². The summed E-state index contributed by atoms with van der Waals surface area (Å²) >= 11 is 1.70. The van der Waals surface area contributed by atoms with Crippen molar-refractivity contribution in [3.8, 4) is 0 Å². The number of nitrogens with one attached hydrogen (secondary N) is 1. The summed E-state index contributed by atoms with van der Waals surface area (Å²) in [7, 11) is 0. The van der Waals surface area contributed by atoms with Gasteiger partial charge in [-0.25, -0.2) is 0 Å². The number of hydrogen-bond donors (Lipinski definition) is 3. The average molecular weight is 282 g/mol. The molecular formula is C14H22N2O2S. The van der Waals surface area contributed by atoms with E-state index >= 15 is 0 Å². The van der Waals surface area contributed by atoms with Crippen molar-refractivity contribution >= 4 is 29.0 Å². The van der Waals surface area contributed by atoms with Crippen molar-refractivity contribution in [2.45, 2.75) is 31.9 Å². The predicted molar refractivity (Wildman–Crippen MR) is 82.5 cm³/mol. The Morgan fingerprint density at radius 2 is 2.26 bits per heavy atom. The first kappa shape index (κ1) is 15.9. The Labute approximate surface area is 118 Å². The van der Waals surface area contributed by atoms with E-state index in [0.29, 0.717) is 17.4 Å². The number of carbonyl (C=O) groups excluding carboxylic acids is 1. The van der Waals surface area contributed by atoms with Crippen LogP contribution in [0, 0.1) is 6.92 Å². The van der Waals surface area contributed by atoms with Crippen LogP contribution in [0.15, 0.2) is 18.2 Å². The highest BCUT2D eigenvalue weighted by Crippen LogP contribution is 2.21. The number of nitrogens with two attached hydrogens (primary N) is 1. The smallest absolute Gasteiger partial charge is 0.225 e. The Morgan fingerprint density at radius 3 is 2.95 bits per heavy atom. The maximum atomic E-state index is 11.8.